The molecule has 1 saturated heterocycles. The number of piperidine rings is 1. The van der Waals surface area contributed by atoms with Gasteiger partial charge in [0.1, 0.15) is 11.4 Å². The molecule has 3 N–H and O–H groups in total. The predicted molar refractivity (Wildman–Crippen MR) is 143 cm³/mol. The van der Waals surface area contributed by atoms with Crippen molar-refractivity contribution in [2.45, 2.75) is 33.1 Å². The van der Waals surface area contributed by atoms with E-state index < -0.39 is 0 Å². The molecule has 1 aromatic heterocycles. The first-order chi connectivity index (χ1) is 17.0. The summed E-state index contributed by atoms with van der Waals surface area (Å²) in [6.07, 6.45) is 4.54. The van der Waals surface area contributed by atoms with E-state index in [1.807, 2.05) is 24.3 Å². The maximum Gasteiger partial charge on any atom is 0.267 e. The maximum atomic E-state index is 11.9. The first-order valence-corrected chi connectivity index (χ1v) is 12.3. The summed E-state index contributed by atoms with van der Waals surface area (Å²) in [5, 5.41) is 6.04. The molecule has 3 aromatic rings. The molecule has 1 aliphatic heterocycles. The minimum absolute atomic E-state index is 0.217. The van der Waals surface area contributed by atoms with Gasteiger partial charge < -0.3 is 25.3 Å². The summed E-state index contributed by atoms with van der Waals surface area (Å²) >= 11 is 0. The number of amides is 2. The number of ether oxygens (including phenoxy) is 1. The Labute approximate surface area is 209 Å². The van der Waals surface area contributed by atoms with Crippen molar-refractivity contribution in [1.29, 1.82) is 0 Å². The Morgan fingerprint density at radius 3 is 2.40 bits per heavy atom. The zero-order valence-corrected chi connectivity index (χ0v) is 21.5. The lowest BCUT2D eigenvalue weighted by Gasteiger charge is -2.26. The summed E-state index contributed by atoms with van der Waals surface area (Å²) in [6.45, 7) is 7.90. The summed E-state index contributed by atoms with van der Waals surface area (Å²) in [4.78, 5) is 27.4. The summed E-state index contributed by atoms with van der Waals surface area (Å²) in [5.74, 6) is 1.48. The second kappa shape index (κ2) is 15.6. The number of fused-ring (bicyclic) bond motifs is 1. The van der Waals surface area contributed by atoms with Crippen LogP contribution in [0.1, 0.15) is 42.7 Å². The van der Waals surface area contributed by atoms with Gasteiger partial charge in [0.2, 0.25) is 6.41 Å². The van der Waals surface area contributed by atoms with Gasteiger partial charge in [0.15, 0.2) is 0 Å². The van der Waals surface area contributed by atoms with Crippen LogP contribution in [0.2, 0.25) is 0 Å². The average molecular weight is 481 g/mol. The molecule has 1 fully saturated rings. The molecule has 7 nitrogen and oxygen atoms in total. The van der Waals surface area contributed by atoms with E-state index in [0.29, 0.717) is 25.2 Å². The molecule has 0 atom stereocenters. The third kappa shape index (κ3) is 9.83. The number of carbonyl (C=O) groups excluding carboxylic acids is 2. The third-order valence-electron chi connectivity index (χ3n) is 5.99. The number of methoxy groups -OCH3 is 1. The maximum absolute atomic E-state index is 11.9. The Balaban J connectivity index is 0.000000221. The molecule has 0 spiro atoms. The number of hydrogen-bond donors (Lipinski definition) is 3. The standard InChI is InChI=1S/C13H15N3O3.C8H10.C7H15N/c1-19-12-4-2-3-10-9(12)7-11(16-10)13(18)15-6-5-14-8-17;1-2-8-6-4-3-5-7-8;1-7-3-5-8(2)6-4-7/h2-4,7-8,16H,5-6H2,1H3,(H,14,17)(H,15,18);3-7H,2H2,1H3;7H,3-6H2,1-2H3. The van der Waals surface area contributed by atoms with E-state index >= 15 is 0 Å². The van der Waals surface area contributed by atoms with Crippen LogP contribution in [-0.4, -0.2) is 62.5 Å². The van der Waals surface area contributed by atoms with Gasteiger partial charge >= 0.3 is 0 Å². The summed E-state index contributed by atoms with van der Waals surface area (Å²) in [6, 6.07) is 17.8. The van der Waals surface area contributed by atoms with Gasteiger partial charge in [0.05, 0.1) is 7.11 Å². The Kier molecular flexibility index (Phi) is 12.4. The fraction of sp³-hybridized carbons (Fsp3) is 0.429. The van der Waals surface area contributed by atoms with Crippen LogP contribution in [0.4, 0.5) is 0 Å². The number of rotatable bonds is 7. The number of carbonyl (C=O) groups is 2. The smallest absolute Gasteiger partial charge is 0.267 e. The van der Waals surface area contributed by atoms with Crippen LogP contribution in [0.25, 0.3) is 10.9 Å². The molecular weight excluding hydrogens is 440 g/mol. The van der Waals surface area contributed by atoms with Crippen molar-refractivity contribution < 1.29 is 14.3 Å². The van der Waals surface area contributed by atoms with E-state index in [1.165, 1.54) is 31.5 Å². The van der Waals surface area contributed by atoms with Crippen LogP contribution in [0.3, 0.4) is 0 Å². The van der Waals surface area contributed by atoms with Crippen LogP contribution in [0.5, 0.6) is 5.75 Å². The van der Waals surface area contributed by atoms with Gasteiger partial charge in [-0.1, -0.05) is 50.2 Å². The van der Waals surface area contributed by atoms with Crippen LogP contribution in [-0.2, 0) is 11.2 Å². The zero-order valence-electron chi connectivity index (χ0n) is 21.5. The van der Waals surface area contributed by atoms with E-state index in [2.05, 4.69) is 65.7 Å². The summed E-state index contributed by atoms with van der Waals surface area (Å²) in [7, 11) is 3.79. The minimum atomic E-state index is -0.217. The van der Waals surface area contributed by atoms with Crippen LogP contribution < -0.4 is 15.4 Å². The zero-order chi connectivity index (χ0) is 25.5. The molecule has 0 aliphatic carbocycles. The van der Waals surface area contributed by atoms with Crippen molar-refractivity contribution in [3.05, 3.63) is 65.9 Å². The van der Waals surface area contributed by atoms with Crippen molar-refractivity contribution in [3.8, 4) is 5.75 Å². The molecule has 7 heteroatoms. The molecular formula is C28H40N4O3. The number of aryl methyl sites for hydroxylation is 1. The van der Waals surface area contributed by atoms with Gasteiger partial charge in [-0.25, -0.2) is 0 Å². The Hall–Kier alpha value is -3.32. The van der Waals surface area contributed by atoms with E-state index in [1.54, 1.807) is 13.2 Å². The number of aromatic nitrogens is 1. The lowest BCUT2D eigenvalue weighted by atomic mass is 10.00. The van der Waals surface area contributed by atoms with E-state index in [4.69, 9.17) is 4.74 Å². The van der Waals surface area contributed by atoms with E-state index in [-0.39, 0.29) is 5.91 Å². The van der Waals surface area contributed by atoms with Gasteiger partial charge in [0, 0.05) is 24.0 Å². The monoisotopic (exact) mass is 480 g/mol. The summed E-state index contributed by atoms with van der Waals surface area (Å²) in [5.41, 5.74) is 2.72. The molecule has 1 aliphatic rings. The number of nitrogens with zero attached hydrogens (tertiary/aromatic N) is 1. The van der Waals surface area contributed by atoms with Gasteiger partial charge in [-0.15, -0.1) is 0 Å². The average Bonchev–Trinajstić information content (AvgIpc) is 3.34. The van der Waals surface area contributed by atoms with Crippen molar-refractivity contribution >= 4 is 23.2 Å². The van der Waals surface area contributed by atoms with Crippen molar-refractivity contribution in [1.82, 2.24) is 20.5 Å². The van der Waals surface area contributed by atoms with Gasteiger partial charge in [0.25, 0.3) is 5.91 Å². The highest BCUT2D eigenvalue weighted by Crippen LogP contribution is 2.25. The number of aromatic amines is 1. The molecule has 190 valence electrons. The van der Waals surface area contributed by atoms with Crippen molar-refractivity contribution in [2.24, 2.45) is 5.92 Å². The van der Waals surface area contributed by atoms with Gasteiger partial charge in [-0.3, -0.25) is 9.59 Å². The Morgan fingerprint density at radius 1 is 1.11 bits per heavy atom. The number of nitrogens with one attached hydrogen (secondary N) is 3. The highest BCUT2D eigenvalue weighted by Gasteiger charge is 2.11. The quantitative estimate of drug-likeness (QED) is 0.349. The largest absolute Gasteiger partial charge is 0.496 e. The molecule has 2 amide bonds. The molecule has 35 heavy (non-hydrogen) atoms. The second-order valence-electron chi connectivity index (χ2n) is 8.76. The normalized spacial score (nSPS) is 13.6. The minimum Gasteiger partial charge on any atom is -0.496 e. The molecule has 2 aromatic carbocycles. The Bertz CT molecular complexity index is 1000. The number of benzene rings is 2. The van der Waals surface area contributed by atoms with E-state index in [0.717, 1.165) is 29.0 Å². The molecule has 2 heterocycles. The highest BCUT2D eigenvalue weighted by molar-refractivity contribution is 5.99. The number of hydrogen-bond acceptors (Lipinski definition) is 4. The van der Waals surface area contributed by atoms with Gasteiger partial charge in [-0.05, 0) is 69.1 Å². The predicted octanol–water partition coefficient (Wildman–Crippen LogP) is 4.25. The number of likely N-dealkylation sites (tertiary alicyclic amines) is 1. The lowest BCUT2D eigenvalue weighted by Crippen LogP contribution is -2.31. The summed E-state index contributed by atoms with van der Waals surface area (Å²) < 4.78 is 5.23. The second-order valence-corrected chi connectivity index (χ2v) is 8.76. The first kappa shape index (κ1) is 27.9. The highest BCUT2D eigenvalue weighted by atomic mass is 16.5. The molecule has 0 radical (unpaired) electrons. The molecule has 4 rings (SSSR count). The fourth-order valence-electron chi connectivity index (χ4n) is 3.68. The molecule has 0 bridgehead atoms. The fourth-order valence-corrected chi connectivity index (χ4v) is 3.68. The van der Waals surface area contributed by atoms with Crippen molar-refractivity contribution in [3.63, 3.8) is 0 Å². The third-order valence-corrected chi connectivity index (χ3v) is 5.99. The van der Waals surface area contributed by atoms with Gasteiger partial charge in [-0.2, -0.15) is 0 Å². The van der Waals surface area contributed by atoms with Crippen LogP contribution in [0.15, 0.2) is 54.6 Å². The SMILES string of the molecule is CC1CCN(C)CC1.CCc1ccccc1.COc1cccc2[nH]c(C(=O)NCCNC=O)cc12. The Morgan fingerprint density at radius 2 is 1.83 bits per heavy atom. The van der Waals surface area contributed by atoms with Crippen LogP contribution in [0, 0.1) is 5.92 Å². The van der Waals surface area contributed by atoms with E-state index in [9.17, 15) is 9.59 Å². The van der Waals surface area contributed by atoms with Crippen LogP contribution >= 0.6 is 0 Å². The van der Waals surface area contributed by atoms with Crippen molar-refractivity contribution in [2.75, 3.05) is 40.3 Å². The topological polar surface area (TPSA) is 86.5 Å². The first-order valence-electron chi connectivity index (χ1n) is 12.3. The lowest BCUT2D eigenvalue weighted by molar-refractivity contribution is -0.109. The number of H-pyrrole nitrogens is 1. The molecule has 0 saturated carbocycles. The molecule has 0 unspecified atom stereocenters.